The van der Waals surface area contributed by atoms with Gasteiger partial charge in [0.05, 0.1) is 6.07 Å². The van der Waals surface area contributed by atoms with Crippen molar-refractivity contribution in [2.75, 3.05) is 0 Å². The van der Waals surface area contributed by atoms with E-state index in [-0.39, 0.29) is 0 Å². The first-order valence-corrected chi connectivity index (χ1v) is 5.84. The molecule has 2 heterocycles. The number of hydrogen-bond donors (Lipinski definition) is 0. The summed E-state index contributed by atoms with van der Waals surface area (Å²) >= 11 is 3.39. The van der Waals surface area contributed by atoms with Gasteiger partial charge in [0.25, 0.3) is 0 Å². The van der Waals surface area contributed by atoms with Crippen molar-refractivity contribution in [3.05, 3.63) is 39.9 Å². The number of allylic oxidation sites excluding steroid dienone is 1. The first-order valence-electron chi connectivity index (χ1n) is 4.09. The topological polar surface area (TPSA) is 23.8 Å². The van der Waals surface area contributed by atoms with E-state index in [1.54, 1.807) is 22.7 Å². The van der Waals surface area contributed by atoms with E-state index in [2.05, 4.69) is 22.9 Å². The molecule has 0 aliphatic heterocycles. The first-order chi connectivity index (χ1) is 6.90. The van der Waals surface area contributed by atoms with Crippen molar-refractivity contribution >= 4 is 28.7 Å². The quantitative estimate of drug-likeness (QED) is 0.697. The molecule has 0 spiro atoms. The monoisotopic (exact) mass is 217 g/mol. The van der Waals surface area contributed by atoms with Gasteiger partial charge in [0, 0.05) is 21.4 Å². The molecule has 0 atom stereocenters. The van der Waals surface area contributed by atoms with E-state index >= 15 is 0 Å². The van der Waals surface area contributed by atoms with Crippen LogP contribution in [0.3, 0.4) is 0 Å². The summed E-state index contributed by atoms with van der Waals surface area (Å²) in [6, 6.07) is 8.24. The van der Waals surface area contributed by atoms with Crippen molar-refractivity contribution < 1.29 is 0 Å². The fraction of sp³-hybridized carbons (Fsp3) is 0. The fourth-order valence-electron chi connectivity index (χ4n) is 1.13. The van der Waals surface area contributed by atoms with E-state index in [0.29, 0.717) is 0 Å². The summed E-state index contributed by atoms with van der Waals surface area (Å²) in [4.78, 5) is 2.40. The second-order valence-electron chi connectivity index (χ2n) is 2.68. The summed E-state index contributed by atoms with van der Waals surface area (Å²) < 4.78 is 0. The lowest BCUT2D eigenvalue weighted by Crippen LogP contribution is -1.61. The molecule has 2 aromatic rings. The van der Waals surface area contributed by atoms with Gasteiger partial charge in [-0.1, -0.05) is 6.07 Å². The van der Waals surface area contributed by atoms with Gasteiger partial charge in [0.2, 0.25) is 0 Å². The standard InChI is InChI=1S/C11H7NS2/c12-5-1-3-10-7-9(8-14-10)11-4-2-6-13-11/h1-4,6-8H. The van der Waals surface area contributed by atoms with Crippen LogP contribution in [0.2, 0.25) is 0 Å². The van der Waals surface area contributed by atoms with Crippen LogP contribution in [0.1, 0.15) is 4.88 Å². The van der Waals surface area contributed by atoms with Gasteiger partial charge in [-0.25, -0.2) is 0 Å². The Bertz CT molecular complexity index is 472. The minimum Gasteiger partial charge on any atom is -0.193 e. The third-order valence-electron chi connectivity index (χ3n) is 1.75. The highest BCUT2D eigenvalue weighted by Gasteiger charge is 2.00. The average molecular weight is 217 g/mol. The Morgan fingerprint density at radius 2 is 2.29 bits per heavy atom. The van der Waals surface area contributed by atoms with Gasteiger partial charge >= 0.3 is 0 Å². The molecule has 0 saturated heterocycles. The zero-order chi connectivity index (χ0) is 9.80. The second-order valence-corrected chi connectivity index (χ2v) is 4.57. The predicted molar refractivity (Wildman–Crippen MR) is 62.3 cm³/mol. The van der Waals surface area contributed by atoms with Crippen LogP contribution in [-0.4, -0.2) is 0 Å². The highest BCUT2D eigenvalue weighted by Crippen LogP contribution is 2.29. The summed E-state index contributed by atoms with van der Waals surface area (Å²) in [7, 11) is 0. The van der Waals surface area contributed by atoms with Crippen molar-refractivity contribution in [1.82, 2.24) is 0 Å². The molecule has 1 nitrogen and oxygen atoms in total. The summed E-state index contributed by atoms with van der Waals surface area (Å²) in [5.41, 5.74) is 1.24. The van der Waals surface area contributed by atoms with Gasteiger partial charge < -0.3 is 0 Å². The number of rotatable bonds is 2. The molecule has 0 N–H and O–H groups in total. The maximum atomic E-state index is 8.39. The summed E-state index contributed by atoms with van der Waals surface area (Å²) in [6.45, 7) is 0. The molecule has 2 aromatic heterocycles. The maximum absolute atomic E-state index is 8.39. The van der Waals surface area contributed by atoms with Crippen LogP contribution >= 0.6 is 22.7 Å². The van der Waals surface area contributed by atoms with E-state index in [4.69, 9.17) is 5.26 Å². The van der Waals surface area contributed by atoms with Gasteiger partial charge in [-0.2, -0.15) is 5.26 Å². The number of nitriles is 1. The second kappa shape index (κ2) is 4.23. The molecular weight excluding hydrogens is 210 g/mol. The number of thiophene rings is 2. The maximum Gasteiger partial charge on any atom is 0.0912 e. The third-order valence-corrected chi connectivity index (χ3v) is 3.56. The Hall–Kier alpha value is -1.37. The van der Waals surface area contributed by atoms with Gasteiger partial charge in [-0.15, -0.1) is 22.7 Å². The van der Waals surface area contributed by atoms with Gasteiger partial charge in [-0.05, 0) is 29.0 Å². The third kappa shape index (κ3) is 1.92. The van der Waals surface area contributed by atoms with Gasteiger partial charge in [0.1, 0.15) is 0 Å². The molecule has 14 heavy (non-hydrogen) atoms. The van der Waals surface area contributed by atoms with Crippen molar-refractivity contribution in [2.24, 2.45) is 0 Å². The summed E-state index contributed by atoms with van der Waals surface area (Å²) in [5.74, 6) is 0. The van der Waals surface area contributed by atoms with Crippen LogP contribution in [0.15, 0.2) is 35.0 Å². The highest BCUT2D eigenvalue weighted by molar-refractivity contribution is 7.15. The van der Waals surface area contributed by atoms with Gasteiger partial charge in [0.15, 0.2) is 0 Å². The average Bonchev–Trinajstić information content (AvgIpc) is 2.85. The smallest absolute Gasteiger partial charge is 0.0912 e. The Labute approximate surface area is 90.6 Å². The largest absolute Gasteiger partial charge is 0.193 e. The highest BCUT2D eigenvalue weighted by atomic mass is 32.1. The Morgan fingerprint density at radius 1 is 1.36 bits per heavy atom. The molecule has 0 aromatic carbocycles. The Balaban J connectivity index is 2.27. The zero-order valence-electron chi connectivity index (χ0n) is 7.31. The van der Waals surface area contributed by atoms with Crippen LogP contribution < -0.4 is 0 Å². The molecule has 0 amide bonds. The van der Waals surface area contributed by atoms with E-state index < -0.39 is 0 Å². The van der Waals surface area contributed by atoms with Crippen molar-refractivity contribution in [2.45, 2.75) is 0 Å². The SMILES string of the molecule is N#CC=Cc1cc(-c2cccs2)cs1. The fourth-order valence-corrected chi connectivity index (χ4v) is 2.72. The van der Waals surface area contributed by atoms with Crippen LogP contribution in [0.5, 0.6) is 0 Å². The molecule has 0 saturated carbocycles. The number of hydrogen-bond acceptors (Lipinski definition) is 3. The molecule has 0 unspecified atom stereocenters. The Kier molecular flexibility index (Phi) is 2.78. The predicted octanol–water partition coefficient (Wildman–Crippen LogP) is 4.01. The van der Waals surface area contributed by atoms with Crippen LogP contribution in [0.25, 0.3) is 16.5 Å². The zero-order valence-corrected chi connectivity index (χ0v) is 8.94. The summed E-state index contributed by atoms with van der Waals surface area (Å²) in [6.07, 6.45) is 3.34. The van der Waals surface area contributed by atoms with E-state index in [1.807, 2.05) is 18.2 Å². The van der Waals surface area contributed by atoms with E-state index in [1.165, 1.54) is 16.5 Å². The Morgan fingerprint density at radius 3 is 3.00 bits per heavy atom. The first kappa shape index (κ1) is 9.20. The molecule has 68 valence electrons. The lowest BCUT2D eigenvalue weighted by Gasteiger charge is -1.86. The van der Waals surface area contributed by atoms with E-state index in [0.717, 1.165) is 4.88 Å². The molecule has 2 rings (SSSR count). The molecule has 0 fully saturated rings. The molecular formula is C11H7NS2. The van der Waals surface area contributed by atoms with Crippen LogP contribution in [0, 0.1) is 11.3 Å². The molecule has 3 heteroatoms. The number of nitrogens with zero attached hydrogens (tertiary/aromatic N) is 1. The van der Waals surface area contributed by atoms with Crippen molar-refractivity contribution in [3.63, 3.8) is 0 Å². The normalized spacial score (nSPS) is 10.5. The van der Waals surface area contributed by atoms with Gasteiger partial charge in [-0.3, -0.25) is 0 Å². The minimum atomic E-state index is 1.12. The lowest BCUT2D eigenvalue weighted by molar-refractivity contribution is 1.54. The molecule has 0 aliphatic rings. The molecule has 0 bridgehead atoms. The molecule has 0 aliphatic carbocycles. The molecule has 0 radical (unpaired) electrons. The lowest BCUT2D eigenvalue weighted by atomic mass is 10.2. The summed E-state index contributed by atoms with van der Waals surface area (Å²) in [5, 5.41) is 12.6. The van der Waals surface area contributed by atoms with Crippen molar-refractivity contribution in [3.8, 4) is 16.5 Å². The minimum absolute atomic E-state index is 1.12. The van der Waals surface area contributed by atoms with Crippen molar-refractivity contribution in [1.29, 1.82) is 5.26 Å². The van der Waals surface area contributed by atoms with Crippen LogP contribution in [-0.2, 0) is 0 Å². The van der Waals surface area contributed by atoms with E-state index in [9.17, 15) is 0 Å². The van der Waals surface area contributed by atoms with Crippen LogP contribution in [0.4, 0.5) is 0 Å².